The Labute approximate surface area is 127 Å². The van der Waals surface area contributed by atoms with E-state index in [0.717, 1.165) is 19.9 Å². The summed E-state index contributed by atoms with van der Waals surface area (Å²) in [6, 6.07) is 1.81. The van der Waals surface area contributed by atoms with Crippen molar-refractivity contribution in [1.29, 1.82) is 0 Å². The maximum Gasteiger partial charge on any atom is 0.340 e. The van der Waals surface area contributed by atoms with Gasteiger partial charge in [-0.2, -0.15) is 9.40 Å². The summed E-state index contributed by atoms with van der Waals surface area (Å²) in [5, 5.41) is 16.1. The van der Waals surface area contributed by atoms with E-state index >= 15 is 0 Å². The van der Waals surface area contributed by atoms with Crippen LogP contribution in [-0.4, -0.2) is 41.0 Å². The van der Waals surface area contributed by atoms with Crippen LogP contribution < -0.4 is 0 Å². The number of rotatable bonds is 5. The number of hydrogen-bond donors (Lipinski definition) is 2. The molecule has 0 spiro atoms. The van der Waals surface area contributed by atoms with Gasteiger partial charge in [0.2, 0.25) is 0 Å². The average Bonchev–Trinajstić information content (AvgIpc) is 2.98. The van der Waals surface area contributed by atoms with Gasteiger partial charge in [0.25, 0.3) is 10.0 Å². The van der Waals surface area contributed by atoms with Crippen LogP contribution in [0.25, 0.3) is 0 Å². The van der Waals surface area contributed by atoms with Crippen molar-refractivity contribution in [2.75, 3.05) is 7.05 Å². The molecule has 0 unspecified atom stereocenters. The van der Waals surface area contributed by atoms with Crippen LogP contribution in [0.5, 0.6) is 0 Å². The minimum absolute atomic E-state index is 0.149. The van der Waals surface area contributed by atoms with Crippen LogP contribution >= 0.6 is 27.3 Å². The van der Waals surface area contributed by atoms with Crippen LogP contribution in [0.3, 0.4) is 0 Å². The van der Waals surface area contributed by atoms with E-state index in [-0.39, 0.29) is 12.1 Å². The van der Waals surface area contributed by atoms with Crippen molar-refractivity contribution in [3.05, 3.63) is 32.6 Å². The fourth-order valence-electron chi connectivity index (χ4n) is 1.52. The number of sulfonamides is 1. The van der Waals surface area contributed by atoms with Crippen molar-refractivity contribution in [3.8, 4) is 0 Å². The molecule has 2 aromatic heterocycles. The smallest absolute Gasteiger partial charge is 0.340 e. The molecular weight excluding hydrogens is 370 g/mol. The molecule has 0 saturated carbocycles. The highest BCUT2D eigenvalue weighted by atomic mass is 79.9. The Morgan fingerprint density at radius 3 is 2.85 bits per heavy atom. The van der Waals surface area contributed by atoms with Crippen molar-refractivity contribution >= 4 is 43.3 Å². The average molecular weight is 380 g/mol. The lowest BCUT2D eigenvalue weighted by Gasteiger charge is -2.15. The fourth-order valence-corrected chi connectivity index (χ4v) is 4.31. The zero-order chi connectivity index (χ0) is 14.9. The number of carbonyl (C=O) groups is 1. The molecule has 0 bridgehead atoms. The predicted molar refractivity (Wildman–Crippen MR) is 76.2 cm³/mol. The molecule has 0 amide bonds. The third kappa shape index (κ3) is 2.92. The third-order valence-electron chi connectivity index (χ3n) is 2.50. The van der Waals surface area contributed by atoms with Crippen LogP contribution in [0.4, 0.5) is 0 Å². The van der Waals surface area contributed by atoms with Gasteiger partial charge in [-0.15, -0.1) is 11.3 Å². The quantitative estimate of drug-likeness (QED) is 0.823. The Hall–Kier alpha value is -1.23. The summed E-state index contributed by atoms with van der Waals surface area (Å²) in [5.74, 6) is -1.34. The topological polar surface area (TPSA) is 103 Å². The highest BCUT2D eigenvalue weighted by Crippen LogP contribution is 2.24. The lowest BCUT2D eigenvalue weighted by Crippen LogP contribution is -2.27. The minimum Gasteiger partial charge on any atom is -0.478 e. The lowest BCUT2D eigenvalue weighted by atomic mass is 10.4. The number of carboxylic acid groups (broad SMARTS) is 1. The molecule has 7 nitrogen and oxygen atoms in total. The number of carboxylic acids is 1. The number of halogens is 1. The highest BCUT2D eigenvalue weighted by Gasteiger charge is 2.29. The number of nitrogens with one attached hydrogen (secondary N) is 1. The van der Waals surface area contributed by atoms with Crippen LogP contribution in [0.15, 0.2) is 27.1 Å². The van der Waals surface area contributed by atoms with Gasteiger partial charge in [0.05, 0.1) is 6.20 Å². The fraction of sp³-hybridized carbons (Fsp3) is 0.200. The Morgan fingerprint density at radius 1 is 1.60 bits per heavy atom. The molecule has 108 valence electrons. The molecule has 2 rings (SSSR count). The number of aromatic nitrogens is 2. The van der Waals surface area contributed by atoms with E-state index in [1.54, 1.807) is 0 Å². The number of aromatic amines is 1. The first-order valence-corrected chi connectivity index (χ1v) is 8.39. The summed E-state index contributed by atoms with van der Waals surface area (Å²) in [4.78, 5) is 11.8. The number of H-pyrrole nitrogens is 1. The summed E-state index contributed by atoms with van der Waals surface area (Å²) in [6.07, 6.45) is 0.977. The summed E-state index contributed by atoms with van der Waals surface area (Å²) in [5.41, 5.74) is -0.371. The van der Waals surface area contributed by atoms with E-state index in [0.29, 0.717) is 0 Å². The second-order valence-electron chi connectivity index (χ2n) is 3.91. The minimum atomic E-state index is -3.93. The molecule has 2 aromatic rings. The van der Waals surface area contributed by atoms with Gasteiger partial charge < -0.3 is 5.11 Å². The summed E-state index contributed by atoms with van der Waals surface area (Å²) < 4.78 is 26.6. The van der Waals surface area contributed by atoms with Gasteiger partial charge in [0, 0.05) is 28.3 Å². The zero-order valence-corrected chi connectivity index (χ0v) is 13.4. The molecule has 0 radical (unpaired) electrons. The molecule has 0 fully saturated rings. The molecule has 0 aliphatic rings. The van der Waals surface area contributed by atoms with Crippen molar-refractivity contribution in [2.24, 2.45) is 0 Å². The van der Waals surface area contributed by atoms with Gasteiger partial charge in [-0.05, 0) is 22.0 Å². The van der Waals surface area contributed by atoms with Gasteiger partial charge in [-0.25, -0.2) is 13.2 Å². The van der Waals surface area contributed by atoms with Crippen LogP contribution in [0.2, 0.25) is 0 Å². The van der Waals surface area contributed by atoms with E-state index in [9.17, 15) is 13.2 Å². The molecular formula is C10H10BrN3O4S2. The normalized spacial score (nSPS) is 11.9. The molecule has 0 saturated heterocycles. The summed E-state index contributed by atoms with van der Waals surface area (Å²) in [7, 11) is -2.55. The summed E-state index contributed by atoms with van der Waals surface area (Å²) >= 11 is 4.70. The Morgan fingerprint density at radius 2 is 2.30 bits per heavy atom. The zero-order valence-electron chi connectivity index (χ0n) is 10.2. The molecule has 2 heterocycles. The maximum absolute atomic E-state index is 12.3. The second kappa shape index (κ2) is 5.64. The number of thiophene rings is 1. The van der Waals surface area contributed by atoms with Crippen LogP contribution in [0, 0.1) is 0 Å². The monoisotopic (exact) mass is 379 g/mol. The second-order valence-corrected chi connectivity index (χ2v) is 7.80. The molecule has 2 N–H and O–H groups in total. The third-order valence-corrected chi connectivity index (χ3v) is 5.96. The van der Waals surface area contributed by atoms with Gasteiger partial charge in [-0.3, -0.25) is 5.10 Å². The SMILES string of the molecule is CN(Cc1cc(Br)cs1)S(=O)(=O)c1[nH]ncc1C(=O)O. The predicted octanol–water partition coefficient (Wildman–Crippen LogP) is 1.75. The molecule has 0 atom stereocenters. The van der Waals surface area contributed by atoms with Gasteiger partial charge in [-0.1, -0.05) is 0 Å². The standard InChI is InChI=1S/C10H10BrN3O4S2/c1-14(4-7-2-6(11)5-19-7)20(17,18)9-8(10(15)16)3-12-13-9/h2-3,5H,4H2,1H3,(H,12,13)(H,15,16). The molecule has 0 aromatic carbocycles. The van der Waals surface area contributed by atoms with Gasteiger partial charge in [0.1, 0.15) is 5.56 Å². The van der Waals surface area contributed by atoms with E-state index in [4.69, 9.17) is 5.11 Å². The highest BCUT2D eigenvalue weighted by molar-refractivity contribution is 9.10. The van der Waals surface area contributed by atoms with Gasteiger partial charge >= 0.3 is 5.97 Å². The maximum atomic E-state index is 12.3. The van der Waals surface area contributed by atoms with E-state index in [2.05, 4.69) is 26.1 Å². The Kier molecular flexibility index (Phi) is 4.28. The lowest BCUT2D eigenvalue weighted by molar-refractivity contribution is 0.0692. The molecule has 0 aliphatic heterocycles. The van der Waals surface area contributed by atoms with Crippen molar-refractivity contribution < 1.29 is 18.3 Å². The number of nitrogens with zero attached hydrogens (tertiary/aromatic N) is 2. The van der Waals surface area contributed by atoms with Crippen molar-refractivity contribution in [3.63, 3.8) is 0 Å². The largest absolute Gasteiger partial charge is 0.478 e. The molecule has 20 heavy (non-hydrogen) atoms. The van der Waals surface area contributed by atoms with E-state index < -0.39 is 21.0 Å². The first kappa shape index (κ1) is 15.2. The number of hydrogen-bond acceptors (Lipinski definition) is 5. The van der Waals surface area contributed by atoms with E-state index in [1.165, 1.54) is 18.4 Å². The molecule has 10 heteroatoms. The first-order chi connectivity index (χ1) is 9.32. The molecule has 0 aliphatic carbocycles. The van der Waals surface area contributed by atoms with Gasteiger partial charge in [0.15, 0.2) is 5.03 Å². The number of aromatic carboxylic acids is 1. The van der Waals surface area contributed by atoms with Crippen molar-refractivity contribution in [2.45, 2.75) is 11.6 Å². The van der Waals surface area contributed by atoms with Crippen LogP contribution in [-0.2, 0) is 16.6 Å². The Bertz CT molecular complexity index is 737. The first-order valence-electron chi connectivity index (χ1n) is 5.28. The van der Waals surface area contributed by atoms with Crippen molar-refractivity contribution in [1.82, 2.24) is 14.5 Å². The Balaban J connectivity index is 2.30. The van der Waals surface area contributed by atoms with E-state index in [1.807, 2.05) is 11.4 Å². The van der Waals surface area contributed by atoms with Crippen LogP contribution in [0.1, 0.15) is 15.2 Å². The summed E-state index contributed by atoms with van der Waals surface area (Å²) in [6.45, 7) is 0.149.